The summed E-state index contributed by atoms with van der Waals surface area (Å²) in [6, 6.07) is 4.26. The first-order valence-electron chi connectivity index (χ1n) is 6.91. The Morgan fingerprint density at radius 1 is 1.32 bits per heavy atom. The Morgan fingerprint density at radius 3 is 2.68 bits per heavy atom. The van der Waals surface area contributed by atoms with E-state index in [1.165, 1.54) is 0 Å². The quantitative estimate of drug-likeness (QED) is 0.836. The maximum absolute atomic E-state index is 5.80. The Morgan fingerprint density at radius 2 is 2.11 bits per heavy atom. The Labute approximate surface area is 115 Å². The van der Waals surface area contributed by atoms with Gasteiger partial charge in [0.1, 0.15) is 6.10 Å². The summed E-state index contributed by atoms with van der Waals surface area (Å²) < 4.78 is 11.3. The summed E-state index contributed by atoms with van der Waals surface area (Å²) in [7, 11) is 4.12. The van der Waals surface area contributed by atoms with Gasteiger partial charge in [-0.05, 0) is 26.1 Å². The topological polar surface area (TPSA) is 34.6 Å². The van der Waals surface area contributed by atoms with E-state index in [0.29, 0.717) is 25.7 Å². The smallest absolute Gasteiger partial charge is 0.108 e. The lowest BCUT2D eigenvalue weighted by Crippen LogP contribution is -2.25. The first-order valence-corrected chi connectivity index (χ1v) is 6.91. The third-order valence-corrected chi connectivity index (χ3v) is 3.25. The molecule has 19 heavy (non-hydrogen) atoms. The number of hydrogen-bond acceptors (Lipinski definition) is 4. The van der Waals surface area contributed by atoms with Gasteiger partial charge in [0.15, 0.2) is 0 Å². The summed E-state index contributed by atoms with van der Waals surface area (Å²) in [5.41, 5.74) is 3.40. The molecule has 0 aromatic carbocycles. The van der Waals surface area contributed by atoms with Crippen molar-refractivity contribution in [3.63, 3.8) is 0 Å². The number of pyridine rings is 1. The molecule has 1 atom stereocenters. The predicted octanol–water partition coefficient (Wildman–Crippen LogP) is 2.35. The molecule has 4 heteroatoms. The molecule has 2 rings (SSSR count). The predicted molar refractivity (Wildman–Crippen MR) is 75.2 cm³/mol. The molecule has 0 radical (unpaired) electrons. The molecular formula is C15H24N2O2. The van der Waals surface area contributed by atoms with E-state index in [4.69, 9.17) is 14.5 Å². The molecule has 1 aromatic heterocycles. The highest BCUT2D eigenvalue weighted by Gasteiger charge is 2.21. The number of rotatable bonds is 4. The van der Waals surface area contributed by atoms with Crippen molar-refractivity contribution in [1.29, 1.82) is 0 Å². The lowest BCUT2D eigenvalue weighted by molar-refractivity contribution is -0.0907. The number of nitrogens with zero attached hydrogens (tertiary/aromatic N) is 2. The van der Waals surface area contributed by atoms with Crippen LogP contribution in [0.1, 0.15) is 42.8 Å². The van der Waals surface area contributed by atoms with Crippen molar-refractivity contribution in [3.8, 4) is 0 Å². The molecule has 2 heterocycles. The van der Waals surface area contributed by atoms with Gasteiger partial charge in [-0.25, -0.2) is 0 Å². The standard InChI is InChI=1S/C15H24N2O2/c1-11(2)13-6-5-12(14(16-13)9-17(3)4)15-10-18-7-8-19-15/h5-6,11,15H,7-10H2,1-4H3. The van der Waals surface area contributed by atoms with Crippen LogP contribution >= 0.6 is 0 Å². The van der Waals surface area contributed by atoms with Crippen LogP contribution in [0.25, 0.3) is 0 Å². The third-order valence-electron chi connectivity index (χ3n) is 3.25. The van der Waals surface area contributed by atoms with E-state index in [0.717, 1.165) is 23.5 Å². The molecule has 1 fully saturated rings. The lowest BCUT2D eigenvalue weighted by Gasteiger charge is -2.26. The first-order chi connectivity index (χ1) is 9.08. The van der Waals surface area contributed by atoms with E-state index >= 15 is 0 Å². The van der Waals surface area contributed by atoms with Crippen LogP contribution < -0.4 is 0 Å². The summed E-state index contributed by atoms with van der Waals surface area (Å²) in [5.74, 6) is 0.443. The van der Waals surface area contributed by atoms with E-state index in [1.54, 1.807) is 0 Å². The molecule has 0 saturated carbocycles. The second-order valence-corrected chi connectivity index (χ2v) is 5.60. The molecule has 1 aromatic rings. The van der Waals surface area contributed by atoms with Gasteiger partial charge in [0.05, 0.1) is 25.5 Å². The van der Waals surface area contributed by atoms with Crippen LogP contribution in [0.2, 0.25) is 0 Å². The van der Waals surface area contributed by atoms with Crippen molar-refractivity contribution in [1.82, 2.24) is 9.88 Å². The van der Waals surface area contributed by atoms with Gasteiger partial charge >= 0.3 is 0 Å². The number of hydrogen-bond donors (Lipinski definition) is 0. The van der Waals surface area contributed by atoms with E-state index in [-0.39, 0.29) is 6.10 Å². The highest BCUT2D eigenvalue weighted by atomic mass is 16.6. The highest BCUT2D eigenvalue weighted by Crippen LogP contribution is 2.25. The largest absolute Gasteiger partial charge is 0.376 e. The van der Waals surface area contributed by atoms with Gasteiger partial charge in [0.25, 0.3) is 0 Å². The van der Waals surface area contributed by atoms with Crippen molar-refractivity contribution in [3.05, 3.63) is 29.1 Å². The monoisotopic (exact) mass is 264 g/mol. The zero-order chi connectivity index (χ0) is 13.8. The van der Waals surface area contributed by atoms with Crippen LogP contribution in [0.15, 0.2) is 12.1 Å². The van der Waals surface area contributed by atoms with E-state index < -0.39 is 0 Å². The molecule has 106 valence electrons. The number of aromatic nitrogens is 1. The van der Waals surface area contributed by atoms with Crippen LogP contribution in [0.4, 0.5) is 0 Å². The van der Waals surface area contributed by atoms with Crippen molar-refractivity contribution in [2.24, 2.45) is 0 Å². The summed E-state index contributed by atoms with van der Waals surface area (Å²) >= 11 is 0. The van der Waals surface area contributed by atoms with Gasteiger partial charge in [-0.15, -0.1) is 0 Å². The highest BCUT2D eigenvalue weighted by molar-refractivity contribution is 5.27. The van der Waals surface area contributed by atoms with Crippen LogP contribution in [-0.2, 0) is 16.0 Å². The van der Waals surface area contributed by atoms with Crippen LogP contribution in [0, 0.1) is 0 Å². The van der Waals surface area contributed by atoms with Crippen molar-refractivity contribution < 1.29 is 9.47 Å². The van der Waals surface area contributed by atoms with E-state index in [1.807, 2.05) is 0 Å². The fraction of sp³-hybridized carbons (Fsp3) is 0.667. The Kier molecular flexibility index (Phi) is 4.91. The lowest BCUT2D eigenvalue weighted by atomic mass is 10.0. The summed E-state index contributed by atoms with van der Waals surface area (Å²) in [6.45, 7) is 7.15. The van der Waals surface area contributed by atoms with Gasteiger partial charge in [-0.3, -0.25) is 4.98 Å². The maximum Gasteiger partial charge on any atom is 0.108 e. The van der Waals surface area contributed by atoms with Gasteiger partial charge in [0.2, 0.25) is 0 Å². The fourth-order valence-electron chi connectivity index (χ4n) is 2.24. The fourth-order valence-corrected chi connectivity index (χ4v) is 2.24. The third kappa shape index (κ3) is 3.75. The second-order valence-electron chi connectivity index (χ2n) is 5.60. The summed E-state index contributed by atoms with van der Waals surface area (Å²) in [4.78, 5) is 6.95. The van der Waals surface area contributed by atoms with Gasteiger partial charge in [0, 0.05) is 17.8 Å². The SMILES string of the molecule is CC(C)c1ccc(C2COCCO2)c(CN(C)C)n1. The molecule has 4 nitrogen and oxygen atoms in total. The van der Waals surface area contributed by atoms with Crippen LogP contribution in [-0.4, -0.2) is 43.8 Å². The molecule has 1 aliphatic heterocycles. The summed E-state index contributed by atoms with van der Waals surface area (Å²) in [6.07, 6.45) is 0.0254. The minimum atomic E-state index is 0.0254. The summed E-state index contributed by atoms with van der Waals surface area (Å²) in [5, 5.41) is 0. The number of ether oxygens (including phenoxy) is 2. The van der Waals surface area contributed by atoms with E-state index in [2.05, 4.69) is 45.0 Å². The average molecular weight is 264 g/mol. The normalized spacial score (nSPS) is 20.2. The van der Waals surface area contributed by atoms with Crippen LogP contribution in [0.5, 0.6) is 0 Å². The molecule has 0 bridgehead atoms. The second kappa shape index (κ2) is 6.46. The van der Waals surface area contributed by atoms with Gasteiger partial charge < -0.3 is 14.4 Å². The molecule has 0 amide bonds. The van der Waals surface area contributed by atoms with Gasteiger partial charge in [-0.2, -0.15) is 0 Å². The maximum atomic E-state index is 5.80. The Hall–Kier alpha value is -0.970. The van der Waals surface area contributed by atoms with Crippen molar-refractivity contribution >= 4 is 0 Å². The molecular weight excluding hydrogens is 240 g/mol. The molecule has 0 N–H and O–H groups in total. The first kappa shape index (κ1) is 14.4. The van der Waals surface area contributed by atoms with Crippen LogP contribution in [0.3, 0.4) is 0 Å². The molecule has 0 spiro atoms. The molecule has 0 aliphatic carbocycles. The molecule has 1 saturated heterocycles. The Bertz CT molecular complexity index is 413. The van der Waals surface area contributed by atoms with Crippen molar-refractivity contribution in [2.75, 3.05) is 33.9 Å². The minimum Gasteiger partial charge on any atom is -0.376 e. The minimum absolute atomic E-state index is 0.0254. The van der Waals surface area contributed by atoms with Crippen molar-refractivity contribution in [2.45, 2.75) is 32.4 Å². The molecule has 1 aliphatic rings. The van der Waals surface area contributed by atoms with Gasteiger partial charge in [-0.1, -0.05) is 19.9 Å². The average Bonchev–Trinajstić information content (AvgIpc) is 2.39. The zero-order valence-electron chi connectivity index (χ0n) is 12.3. The Balaban J connectivity index is 2.29. The molecule has 1 unspecified atom stereocenters. The zero-order valence-corrected chi connectivity index (χ0v) is 12.3. The van der Waals surface area contributed by atoms with E-state index in [9.17, 15) is 0 Å².